The van der Waals surface area contributed by atoms with Crippen LogP contribution >= 0.6 is 0 Å². The third-order valence-corrected chi connectivity index (χ3v) is 6.68. The van der Waals surface area contributed by atoms with Crippen molar-refractivity contribution in [2.24, 2.45) is 11.8 Å². The summed E-state index contributed by atoms with van der Waals surface area (Å²) in [5.74, 6) is 1.49. The summed E-state index contributed by atoms with van der Waals surface area (Å²) in [7, 11) is 4.01. The van der Waals surface area contributed by atoms with Gasteiger partial charge in [-0.2, -0.15) is 0 Å². The molecule has 0 bridgehead atoms. The Kier molecular flexibility index (Phi) is 4.59. The van der Waals surface area contributed by atoms with E-state index >= 15 is 0 Å². The lowest BCUT2D eigenvalue weighted by Gasteiger charge is -2.58. The average Bonchev–Trinajstić information content (AvgIpc) is 2.96. The first-order valence-corrected chi connectivity index (χ1v) is 9.64. The van der Waals surface area contributed by atoms with Gasteiger partial charge >= 0.3 is 0 Å². The standard InChI is InChI=1S/C21H30N2O2/c1-22-8-7-16(13-25-2)12-21(22)14-23(15-21)20(24)11-17-9-18-5-3-4-6-19(18)10-17/h3-6,16-17H,7-15H2,1-2H3/t16-/m1/s1. The van der Waals surface area contributed by atoms with Crippen LogP contribution in [0, 0.1) is 11.8 Å². The third kappa shape index (κ3) is 3.22. The van der Waals surface area contributed by atoms with Gasteiger partial charge in [-0.05, 0) is 62.2 Å². The Labute approximate surface area is 151 Å². The molecule has 1 amide bonds. The quantitative estimate of drug-likeness (QED) is 0.842. The number of hydrogen-bond acceptors (Lipinski definition) is 3. The summed E-state index contributed by atoms with van der Waals surface area (Å²) in [6.07, 6.45) is 5.21. The number of piperidine rings is 1. The third-order valence-electron chi connectivity index (χ3n) is 6.68. The Balaban J connectivity index is 1.31. The first-order chi connectivity index (χ1) is 12.1. The van der Waals surface area contributed by atoms with Crippen LogP contribution in [0.3, 0.4) is 0 Å². The van der Waals surface area contributed by atoms with Crippen LogP contribution in [-0.4, -0.2) is 61.6 Å². The Morgan fingerprint density at radius 3 is 2.52 bits per heavy atom. The fourth-order valence-electron chi connectivity index (χ4n) is 5.17. The first-order valence-electron chi connectivity index (χ1n) is 9.64. The van der Waals surface area contributed by atoms with Crippen molar-refractivity contribution in [3.05, 3.63) is 35.4 Å². The summed E-state index contributed by atoms with van der Waals surface area (Å²) in [6.45, 7) is 3.78. The predicted octanol–water partition coefficient (Wildman–Crippen LogP) is 2.36. The summed E-state index contributed by atoms with van der Waals surface area (Å²) < 4.78 is 5.37. The van der Waals surface area contributed by atoms with Gasteiger partial charge in [-0.25, -0.2) is 0 Å². The molecular formula is C21H30N2O2. The van der Waals surface area contributed by atoms with E-state index in [0.29, 0.717) is 24.2 Å². The highest BCUT2D eigenvalue weighted by Crippen LogP contribution is 2.39. The second-order valence-corrected chi connectivity index (χ2v) is 8.46. The lowest BCUT2D eigenvalue weighted by atomic mass is 9.75. The van der Waals surface area contributed by atoms with Crippen LogP contribution in [0.25, 0.3) is 0 Å². The number of nitrogens with zero attached hydrogens (tertiary/aromatic N) is 2. The van der Waals surface area contributed by atoms with Crippen molar-refractivity contribution in [3.63, 3.8) is 0 Å². The second-order valence-electron chi connectivity index (χ2n) is 8.46. The van der Waals surface area contributed by atoms with E-state index in [2.05, 4.69) is 41.1 Å². The van der Waals surface area contributed by atoms with Gasteiger partial charge < -0.3 is 9.64 Å². The van der Waals surface area contributed by atoms with Gasteiger partial charge in [-0.3, -0.25) is 9.69 Å². The number of methoxy groups -OCH3 is 1. The largest absolute Gasteiger partial charge is 0.384 e. The highest BCUT2D eigenvalue weighted by atomic mass is 16.5. The molecule has 2 aliphatic heterocycles. The molecule has 1 atom stereocenters. The van der Waals surface area contributed by atoms with Gasteiger partial charge in [0.2, 0.25) is 5.91 Å². The Morgan fingerprint density at radius 1 is 1.20 bits per heavy atom. The van der Waals surface area contributed by atoms with Crippen LogP contribution in [-0.2, 0) is 22.4 Å². The maximum Gasteiger partial charge on any atom is 0.222 e. The average molecular weight is 342 g/mol. The molecule has 0 unspecified atom stereocenters. The summed E-state index contributed by atoms with van der Waals surface area (Å²) in [5, 5.41) is 0. The lowest BCUT2D eigenvalue weighted by molar-refractivity contribution is -0.151. The number of likely N-dealkylation sites (N-methyl/N-ethyl adjacent to an activating group) is 1. The smallest absolute Gasteiger partial charge is 0.222 e. The van der Waals surface area contributed by atoms with Gasteiger partial charge in [-0.1, -0.05) is 24.3 Å². The number of likely N-dealkylation sites (tertiary alicyclic amines) is 2. The monoisotopic (exact) mass is 342 g/mol. The van der Waals surface area contributed by atoms with E-state index in [9.17, 15) is 4.79 Å². The molecule has 4 nitrogen and oxygen atoms in total. The fraction of sp³-hybridized carbons (Fsp3) is 0.667. The molecule has 1 aromatic rings. The summed E-state index contributed by atoms with van der Waals surface area (Å²) in [6, 6.07) is 8.64. The van der Waals surface area contributed by atoms with E-state index in [1.807, 2.05) is 0 Å². The SMILES string of the molecule is COC[C@@H]1CCN(C)C2(C1)CN(C(=O)CC1Cc3ccccc3C1)C2. The van der Waals surface area contributed by atoms with Crippen molar-refractivity contribution in [1.29, 1.82) is 0 Å². The lowest BCUT2D eigenvalue weighted by Crippen LogP contribution is -2.72. The van der Waals surface area contributed by atoms with E-state index in [1.54, 1.807) is 7.11 Å². The van der Waals surface area contributed by atoms with Crippen LogP contribution in [0.15, 0.2) is 24.3 Å². The molecule has 2 fully saturated rings. The molecule has 0 saturated carbocycles. The van der Waals surface area contributed by atoms with E-state index in [1.165, 1.54) is 17.5 Å². The Morgan fingerprint density at radius 2 is 1.88 bits per heavy atom. The summed E-state index contributed by atoms with van der Waals surface area (Å²) in [4.78, 5) is 17.3. The van der Waals surface area contributed by atoms with E-state index in [0.717, 1.165) is 45.5 Å². The molecule has 4 heteroatoms. The molecule has 1 aliphatic carbocycles. The van der Waals surface area contributed by atoms with Gasteiger partial charge in [0.15, 0.2) is 0 Å². The number of benzene rings is 1. The minimum absolute atomic E-state index is 0.204. The van der Waals surface area contributed by atoms with Crippen molar-refractivity contribution in [3.8, 4) is 0 Å². The molecule has 2 heterocycles. The van der Waals surface area contributed by atoms with Gasteiger partial charge in [-0.15, -0.1) is 0 Å². The molecule has 0 radical (unpaired) electrons. The van der Waals surface area contributed by atoms with Gasteiger partial charge in [0.05, 0.1) is 5.54 Å². The van der Waals surface area contributed by atoms with Crippen molar-refractivity contribution in [1.82, 2.24) is 9.80 Å². The number of fused-ring (bicyclic) bond motifs is 1. The zero-order valence-corrected chi connectivity index (χ0v) is 15.5. The van der Waals surface area contributed by atoms with Crippen LogP contribution in [0.4, 0.5) is 0 Å². The summed E-state index contributed by atoms with van der Waals surface area (Å²) in [5.41, 5.74) is 3.08. The molecule has 2 saturated heterocycles. The minimum Gasteiger partial charge on any atom is -0.384 e. The molecular weight excluding hydrogens is 312 g/mol. The van der Waals surface area contributed by atoms with E-state index in [-0.39, 0.29) is 5.54 Å². The van der Waals surface area contributed by atoms with Gasteiger partial charge in [0, 0.05) is 33.2 Å². The highest BCUT2D eigenvalue weighted by Gasteiger charge is 2.50. The summed E-state index contributed by atoms with van der Waals surface area (Å²) >= 11 is 0. The maximum atomic E-state index is 12.8. The maximum absolute atomic E-state index is 12.8. The normalized spacial score (nSPS) is 25.8. The van der Waals surface area contributed by atoms with Crippen LogP contribution in [0.5, 0.6) is 0 Å². The number of ether oxygens (including phenoxy) is 1. The molecule has 0 N–H and O–H groups in total. The number of amides is 1. The number of carbonyl (C=O) groups is 1. The predicted molar refractivity (Wildman–Crippen MR) is 98.5 cm³/mol. The van der Waals surface area contributed by atoms with Crippen LogP contribution in [0.1, 0.15) is 30.4 Å². The molecule has 1 spiro atoms. The van der Waals surface area contributed by atoms with Gasteiger partial charge in [0.1, 0.15) is 0 Å². The molecule has 25 heavy (non-hydrogen) atoms. The molecule has 3 aliphatic rings. The fourth-order valence-corrected chi connectivity index (χ4v) is 5.17. The van der Waals surface area contributed by atoms with Gasteiger partial charge in [0.25, 0.3) is 0 Å². The van der Waals surface area contributed by atoms with Crippen molar-refractivity contribution in [2.75, 3.05) is 40.4 Å². The zero-order chi connectivity index (χ0) is 17.4. The Bertz CT molecular complexity index is 614. The van der Waals surface area contributed by atoms with Crippen LogP contribution in [0.2, 0.25) is 0 Å². The van der Waals surface area contributed by atoms with Crippen molar-refractivity contribution < 1.29 is 9.53 Å². The minimum atomic E-state index is 0.204. The molecule has 4 rings (SSSR count). The van der Waals surface area contributed by atoms with Crippen molar-refractivity contribution in [2.45, 2.75) is 37.6 Å². The number of rotatable bonds is 4. The topological polar surface area (TPSA) is 32.8 Å². The Hall–Kier alpha value is -1.39. The highest BCUT2D eigenvalue weighted by molar-refractivity contribution is 5.78. The molecule has 136 valence electrons. The van der Waals surface area contributed by atoms with Crippen molar-refractivity contribution >= 4 is 5.91 Å². The van der Waals surface area contributed by atoms with Crippen LogP contribution < -0.4 is 0 Å². The van der Waals surface area contributed by atoms with E-state index in [4.69, 9.17) is 4.74 Å². The van der Waals surface area contributed by atoms with E-state index < -0.39 is 0 Å². The second kappa shape index (κ2) is 6.73. The number of hydrogen-bond donors (Lipinski definition) is 0. The molecule has 0 aromatic heterocycles. The molecule has 1 aromatic carbocycles. The number of carbonyl (C=O) groups excluding carboxylic acids is 1. The zero-order valence-electron chi connectivity index (χ0n) is 15.5. The first kappa shape index (κ1) is 17.0.